The molecule has 3 rings (SSSR count). The number of nitrogens with two attached hydrogens (primary N) is 1. The Morgan fingerprint density at radius 1 is 1.17 bits per heavy atom. The highest BCUT2D eigenvalue weighted by Crippen LogP contribution is 2.56. The largest absolute Gasteiger partial charge is 0.790 e. The van der Waals surface area contributed by atoms with E-state index >= 15 is 0 Å². The Labute approximate surface area is 312 Å². The number of aromatic amines is 1. The Hall–Kier alpha value is -1.69. The van der Waals surface area contributed by atoms with Gasteiger partial charge in [-0.1, -0.05) is 49.3 Å². The third-order valence-corrected chi connectivity index (χ3v) is 13.6. The molecule has 1 aliphatic rings. The molecule has 0 saturated carbocycles. The molecule has 22 nitrogen and oxygen atoms in total. The van der Waals surface area contributed by atoms with Gasteiger partial charge in [0.1, 0.15) is 30.6 Å². The van der Waals surface area contributed by atoms with Crippen LogP contribution in [0.15, 0.2) is 18.6 Å². The van der Waals surface area contributed by atoms with Crippen LogP contribution in [0.2, 0.25) is 0 Å². The molecular formula is C26H42N6O16P3S2-3. The molecule has 0 spiro atoms. The third-order valence-electron chi connectivity index (χ3n) is 7.54. The van der Waals surface area contributed by atoms with Crippen LogP contribution in [0.3, 0.4) is 0 Å². The zero-order valence-electron chi connectivity index (χ0n) is 28.9. The monoisotopic (exact) mass is 851 g/mol. The molecule has 3 heterocycles. The number of hydrogen-bond acceptors (Lipinski definition) is 20. The lowest BCUT2D eigenvalue weighted by atomic mass is 9.87. The van der Waals surface area contributed by atoms with Gasteiger partial charge in [-0.25, -0.2) is 8.88 Å². The van der Waals surface area contributed by atoms with E-state index in [0.717, 1.165) is 11.0 Å². The summed E-state index contributed by atoms with van der Waals surface area (Å²) in [6, 6.07) is 1.45. The Kier molecular flexibility index (Phi) is 16.8. The standard InChI is InChI=1S/C26H45N6O16P3S2/c1-5-15(2)53-52-11-10-28-18(33)7-9-30-24(36)22(35)26(3,4)13-45-51(42,43)48-50(40,41)44-12-17-21(47-49(37,38)39)20(34)25(46-17)32-14-31-19-16(27)6-8-29-23(19)32/h6,8,14-15,17,20-22,25,34-35H,5,7,9-13H2,1-4H3,(H8,27,28,29,30,33,36,37,38,39,40,41,42,43)/p-3/t15?,17-,20?,21+,22-,25-/m1/s1. The number of carbonyl (C=O) groups is 2. The lowest BCUT2D eigenvalue weighted by Gasteiger charge is -2.36. The minimum absolute atomic E-state index is 0.0966. The maximum atomic E-state index is 12.5. The second kappa shape index (κ2) is 19.4. The minimum Gasteiger partial charge on any atom is -0.790 e. The van der Waals surface area contributed by atoms with E-state index < -0.39 is 78.6 Å². The van der Waals surface area contributed by atoms with E-state index in [1.165, 1.54) is 32.4 Å². The quantitative estimate of drug-likeness (QED) is 0.0325. The van der Waals surface area contributed by atoms with Crippen LogP contribution < -0.4 is 40.5 Å². The number of H-pyrrole nitrogens is 1. The predicted octanol–water partition coefficient (Wildman–Crippen LogP) is -1.92. The second-order valence-electron chi connectivity index (χ2n) is 12.3. The van der Waals surface area contributed by atoms with Crippen molar-refractivity contribution in [1.29, 1.82) is 0 Å². The number of aromatic nitrogens is 3. The molecule has 302 valence electrons. The lowest BCUT2D eigenvalue weighted by Crippen LogP contribution is -2.46. The molecule has 27 heteroatoms. The van der Waals surface area contributed by atoms with Crippen molar-refractivity contribution >= 4 is 73.7 Å². The van der Waals surface area contributed by atoms with E-state index in [4.69, 9.17) is 10.5 Å². The fraction of sp³-hybridized carbons (Fsp3) is 0.692. The first kappa shape index (κ1) is 45.7. The SMILES string of the molecule is CCC(C)SSCCNC(=O)CCNC(=O)[C@@H](O)C(C)(C)COP(=O)([O-])OP(=O)([O-])OC[C@H]1O[C@@H]([n+]2c[nH]c3c(N)ccnc32)C(O)[C@H]1OP(=O)([O-])[O-]. The number of amides is 2. The summed E-state index contributed by atoms with van der Waals surface area (Å²) in [6.07, 6.45) is -5.75. The molecule has 2 aromatic rings. The number of aliphatic hydroxyl groups is 2. The Balaban J connectivity index is 1.51. The number of rotatable bonds is 22. The molecule has 2 amide bonds. The van der Waals surface area contributed by atoms with Crippen molar-refractivity contribution in [1.82, 2.24) is 20.6 Å². The average Bonchev–Trinajstić information content (AvgIpc) is 3.62. The van der Waals surface area contributed by atoms with E-state index in [1.54, 1.807) is 21.6 Å². The van der Waals surface area contributed by atoms with Gasteiger partial charge in [-0.05, 0) is 12.5 Å². The average molecular weight is 852 g/mol. The van der Waals surface area contributed by atoms with Crippen LogP contribution in [0.25, 0.3) is 11.2 Å². The lowest BCUT2D eigenvalue weighted by molar-refractivity contribution is -0.745. The van der Waals surface area contributed by atoms with Crippen molar-refractivity contribution in [3.05, 3.63) is 18.6 Å². The fourth-order valence-corrected chi connectivity index (χ4v) is 9.55. The van der Waals surface area contributed by atoms with Crippen molar-refractivity contribution in [2.45, 2.75) is 76.4 Å². The number of hydrogen-bond donors (Lipinski definition) is 6. The summed E-state index contributed by atoms with van der Waals surface area (Å²) in [5.41, 5.74) is 4.86. The summed E-state index contributed by atoms with van der Waals surface area (Å²) in [6.45, 7) is 4.71. The number of ether oxygens (including phenoxy) is 1. The van der Waals surface area contributed by atoms with Crippen LogP contribution in [0.1, 0.15) is 46.8 Å². The summed E-state index contributed by atoms with van der Waals surface area (Å²) in [5, 5.41) is 26.9. The van der Waals surface area contributed by atoms with Crippen LogP contribution >= 0.6 is 45.1 Å². The first-order valence-corrected chi connectivity index (χ1v) is 22.6. The van der Waals surface area contributed by atoms with E-state index in [0.29, 0.717) is 17.5 Å². The van der Waals surface area contributed by atoms with Gasteiger partial charge >= 0.3 is 5.65 Å². The predicted molar refractivity (Wildman–Crippen MR) is 182 cm³/mol. The smallest absolute Gasteiger partial charge is 0.305 e. The van der Waals surface area contributed by atoms with Gasteiger partial charge in [-0.2, -0.15) is 0 Å². The van der Waals surface area contributed by atoms with E-state index in [1.807, 2.05) is 0 Å². The zero-order chi connectivity index (χ0) is 39.8. The molecule has 8 atom stereocenters. The number of imidazole rings is 1. The number of pyridine rings is 1. The van der Waals surface area contributed by atoms with Crippen LogP contribution in [0.5, 0.6) is 0 Å². The maximum absolute atomic E-state index is 12.5. The molecule has 1 saturated heterocycles. The van der Waals surface area contributed by atoms with Crippen LogP contribution in [-0.2, 0) is 45.9 Å². The maximum Gasteiger partial charge on any atom is 0.305 e. The molecule has 1 aliphatic heterocycles. The molecule has 53 heavy (non-hydrogen) atoms. The van der Waals surface area contributed by atoms with Gasteiger partial charge in [0.15, 0.2) is 11.8 Å². The first-order chi connectivity index (χ1) is 24.6. The van der Waals surface area contributed by atoms with Gasteiger partial charge in [-0.15, -0.1) is 4.98 Å². The van der Waals surface area contributed by atoms with Gasteiger partial charge in [0.05, 0.1) is 26.7 Å². The molecular weight excluding hydrogens is 809 g/mol. The van der Waals surface area contributed by atoms with Gasteiger partial charge < -0.3 is 69.0 Å². The molecule has 0 bridgehead atoms. The zero-order valence-corrected chi connectivity index (χ0v) is 33.2. The number of phosphoric acid groups is 3. The van der Waals surface area contributed by atoms with Gasteiger partial charge in [0.2, 0.25) is 18.0 Å². The van der Waals surface area contributed by atoms with E-state index in [2.05, 4.69) is 52.3 Å². The van der Waals surface area contributed by atoms with Crippen molar-refractivity contribution in [2.75, 3.05) is 37.8 Å². The molecule has 0 radical (unpaired) electrons. The third kappa shape index (κ3) is 14.1. The van der Waals surface area contributed by atoms with Crippen molar-refractivity contribution in [2.24, 2.45) is 5.41 Å². The minimum atomic E-state index is -5.87. The summed E-state index contributed by atoms with van der Waals surface area (Å²) in [4.78, 5) is 79.1. The number of nitrogens with one attached hydrogen (secondary N) is 3. The van der Waals surface area contributed by atoms with Gasteiger partial charge in [0.25, 0.3) is 15.6 Å². The summed E-state index contributed by atoms with van der Waals surface area (Å²) in [7, 11) is -14.1. The van der Waals surface area contributed by atoms with Crippen LogP contribution in [0, 0.1) is 5.41 Å². The number of nitrogens with zero attached hydrogens (tertiary/aromatic N) is 2. The normalized spacial score (nSPS) is 22.9. The number of phosphoric ester groups is 3. The summed E-state index contributed by atoms with van der Waals surface area (Å²) >= 11 is 0. The van der Waals surface area contributed by atoms with Crippen LogP contribution in [0.4, 0.5) is 5.69 Å². The topological polar surface area (TPSA) is 347 Å². The first-order valence-electron chi connectivity index (χ1n) is 15.9. The Morgan fingerprint density at radius 3 is 2.51 bits per heavy atom. The van der Waals surface area contributed by atoms with Crippen molar-refractivity contribution < 1.29 is 80.3 Å². The number of nitrogen functional groups attached to an aromatic ring is 1. The Bertz CT molecular complexity index is 1700. The van der Waals surface area contributed by atoms with Gasteiger partial charge in [-0.3, -0.25) is 23.7 Å². The second-order valence-corrected chi connectivity index (χ2v) is 19.3. The van der Waals surface area contributed by atoms with E-state index in [9.17, 15) is 53.1 Å². The number of aliphatic hydroxyl groups excluding tert-OH is 2. The fourth-order valence-electron chi connectivity index (χ4n) is 4.52. The molecule has 7 N–H and O–H groups in total. The highest BCUT2D eigenvalue weighted by atomic mass is 33.1. The molecule has 4 unspecified atom stereocenters. The van der Waals surface area contributed by atoms with Crippen LogP contribution in [-0.4, -0.2) is 93.7 Å². The van der Waals surface area contributed by atoms with E-state index in [-0.39, 0.29) is 35.7 Å². The molecule has 0 aliphatic carbocycles. The molecule has 2 aromatic heterocycles. The number of anilines is 1. The number of fused-ring (bicyclic) bond motifs is 1. The molecule has 1 fully saturated rings. The van der Waals surface area contributed by atoms with Crippen molar-refractivity contribution in [3.8, 4) is 0 Å². The van der Waals surface area contributed by atoms with Gasteiger partial charge in [0, 0.05) is 35.9 Å². The molecule has 0 aromatic carbocycles. The number of carbonyl (C=O) groups excluding carboxylic acids is 2. The van der Waals surface area contributed by atoms with Crippen molar-refractivity contribution in [3.63, 3.8) is 0 Å². The highest BCUT2D eigenvalue weighted by Gasteiger charge is 2.49. The summed E-state index contributed by atoms with van der Waals surface area (Å²) < 4.78 is 60.7. The Morgan fingerprint density at radius 2 is 1.85 bits per heavy atom. The summed E-state index contributed by atoms with van der Waals surface area (Å²) in [5.74, 6) is -0.618. The highest BCUT2D eigenvalue weighted by molar-refractivity contribution is 8.76.